The van der Waals surface area contributed by atoms with Gasteiger partial charge >= 0.3 is 5.97 Å². The summed E-state index contributed by atoms with van der Waals surface area (Å²) in [6, 6.07) is 10.5. The third-order valence-electron chi connectivity index (χ3n) is 3.82. The second-order valence-electron chi connectivity index (χ2n) is 5.68. The summed E-state index contributed by atoms with van der Waals surface area (Å²) in [6.07, 6.45) is 0. The molecule has 0 aliphatic carbocycles. The highest BCUT2D eigenvalue weighted by atomic mass is 35.5. The number of non-ortho nitro benzene ring substituents is 1. The number of rotatable bonds is 6. The Bertz CT molecular complexity index is 1080. The quantitative estimate of drug-likeness (QED) is 0.368. The minimum atomic E-state index is -0.726. The normalized spacial score (nSPS) is 10.5. The van der Waals surface area contributed by atoms with E-state index in [4.69, 9.17) is 21.1 Å². The van der Waals surface area contributed by atoms with Crippen molar-refractivity contribution in [2.75, 3.05) is 19.0 Å². The van der Waals surface area contributed by atoms with Crippen LogP contribution in [0.1, 0.15) is 10.5 Å². The van der Waals surface area contributed by atoms with Crippen molar-refractivity contribution in [3.8, 4) is 5.75 Å². The minimum Gasteiger partial charge on any atom is -0.497 e. The van der Waals surface area contributed by atoms with Crippen LogP contribution in [0.2, 0.25) is 5.02 Å². The molecule has 0 fully saturated rings. The molecular weight excluding hydrogens is 390 g/mol. The van der Waals surface area contributed by atoms with Crippen LogP contribution in [0.5, 0.6) is 5.75 Å². The van der Waals surface area contributed by atoms with E-state index in [0.29, 0.717) is 11.3 Å². The topological polar surface area (TPSA) is 124 Å². The molecule has 10 heteroatoms. The van der Waals surface area contributed by atoms with E-state index in [2.05, 4.69) is 10.3 Å². The maximum absolute atomic E-state index is 12.2. The van der Waals surface area contributed by atoms with E-state index in [-0.39, 0.29) is 22.1 Å². The summed E-state index contributed by atoms with van der Waals surface area (Å²) in [5.41, 5.74) is 0.670. The molecule has 0 saturated carbocycles. The van der Waals surface area contributed by atoms with Crippen molar-refractivity contribution in [2.45, 2.75) is 0 Å². The van der Waals surface area contributed by atoms with E-state index in [1.165, 1.54) is 19.2 Å². The zero-order valence-corrected chi connectivity index (χ0v) is 15.3. The summed E-state index contributed by atoms with van der Waals surface area (Å²) in [5.74, 6) is -0.786. The first-order chi connectivity index (χ1) is 13.4. The molecule has 0 saturated heterocycles. The van der Waals surface area contributed by atoms with Crippen LogP contribution < -0.4 is 10.1 Å². The van der Waals surface area contributed by atoms with Crippen LogP contribution in [0.3, 0.4) is 0 Å². The number of nitro benzene ring substituents is 1. The van der Waals surface area contributed by atoms with Crippen LogP contribution in [0.4, 0.5) is 11.4 Å². The number of anilines is 1. The first-order valence-corrected chi connectivity index (χ1v) is 8.33. The maximum Gasteiger partial charge on any atom is 0.355 e. The average Bonchev–Trinajstić information content (AvgIpc) is 3.10. The third-order valence-corrected chi connectivity index (χ3v) is 4.15. The molecule has 3 rings (SSSR count). The molecule has 0 unspecified atom stereocenters. The molecule has 0 bridgehead atoms. The van der Waals surface area contributed by atoms with Crippen molar-refractivity contribution < 1.29 is 24.0 Å². The van der Waals surface area contributed by atoms with E-state index < -0.39 is 23.4 Å². The Morgan fingerprint density at radius 2 is 2.00 bits per heavy atom. The number of amides is 1. The van der Waals surface area contributed by atoms with Gasteiger partial charge in [0.1, 0.15) is 11.4 Å². The lowest BCUT2D eigenvalue weighted by molar-refractivity contribution is -0.384. The molecule has 0 aliphatic heterocycles. The van der Waals surface area contributed by atoms with Crippen LogP contribution in [0.25, 0.3) is 10.9 Å². The lowest BCUT2D eigenvalue weighted by atomic mass is 10.2. The lowest BCUT2D eigenvalue weighted by Gasteiger charge is -2.07. The summed E-state index contributed by atoms with van der Waals surface area (Å²) in [6.45, 7) is -0.587. The smallest absolute Gasteiger partial charge is 0.355 e. The highest BCUT2D eigenvalue weighted by Crippen LogP contribution is 2.26. The number of fused-ring (bicyclic) bond motifs is 1. The van der Waals surface area contributed by atoms with E-state index in [1.54, 1.807) is 24.3 Å². The fourth-order valence-corrected chi connectivity index (χ4v) is 2.63. The number of ether oxygens (including phenoxy) is 2. The fourth-order valence-electron chi connectivity index (χ4n) is 2.46. The van der Waals surface area contributed by atoms with Crippen LogP contribution in [0.15, 0.2) is 42.5 Å². The Hall–Kier alpha value is -3.59. The molecule has 28 heavy (non-hydrogen) atoms. The van der Waals surface area contributed by atoms with E-state index >= 15 is 0 Å². The number of methoxy groups -OCH3 is 1. The number of hydrogen-bond donors (Lipinski definition) is 2. The van der Waals surface area contributed by atoms with Crippen molar-refractivity contribution in [1.82, 2.24) is 4.98 Å². The minimum absolute atomic E-state index is 0.0506. The predicted molar refractivity (Wildman–Crippen MR) is 102 cm³/mol. The number of carbonyl (C=O) groups is 2. The largest absolute Gasteiger partial charge is 0.497 e. The molecule has 0 radical (unpaired) electrons. The number of hydrogen-bond acceptors (Lipinski definition) is 6. The molecule has 0 atom stereocenters. The zero-order valence-electron chi connectivity index (χ0n) is 14.5. The molecule has 1 aromatic heterocycles. The highest BCUT2D eigenvalue weighted by molar-refractivity contribution is 6.33. The van der Waals surface area contributed by atoms with Gasteiger partial charge < -0.3 is 19.8 Å². The summed E-state index contributed by atoms with van der Waals surface area (Å²) in [7, 11) is 1.53. The van der Waals surface area contributed by atoms with E-state index in [1.807, 2.05) is 0 Å². The van der Waals surface area contributed by atoms with Crippen molar-refractivity contribution >= 4 is 45.8 Å². The number of halogens is 1. The Morgan fingerprint density at radius 3 is 2.71 bits per heavy atom. The molecule has 144 valence electrons. The average molecular weight is 404 g/mol. The van der Waals surface area contributed by atoms with Crippen molar-refractivity contribution in [3.05, 3.63) is 63.3 Å². The Labute approximate surface area is 163 Å². The van der Waals surface area contributed by atoms with Gasteiger partial charge in [-0.3, -0.25) is 14.9 Å². The molecule has 2 N–H and O–H groups in total. The Balaban J connectivity index is 1.64. The van der Waals surface area contributed by atoms with Gasteiger partial charge in [-0.25, -0.2) is 4.79 Å². The van der Waals surface area contributed by atoms with Crippen molar-refractivity contribution in [1.29, 1.82) is 0 Å². The predicted octanol–water partition coefficient (Wildman–Crippen LogP) is 3.53. The summed E-state index contributed by atoms with van der Waals surface area (Å²) in [4.78, 5) is 37.2. The van der Waals surface area contributed by atoms with Crippen molar-refractivity contribution in [3.63, 3.8) is 0 Å². The maximum atomic E-state index is 12.2. The fraction of sp³-hybridized carbons (Fsp3) is 0.111. The highest BCUT2D eigenvalue weighted by Gasteiger charge is 2.16. The van der Waals surface area contributed by atoms with E-state index in [0.717, 1.165) is 11.5 Å². The van der Waals surface area contributed by atoms with Crippen LogP contribution in [-0.2, 0) is 9.53 Å². The van der Waals surface area contributed by atoms with Crippen molar-refractivity contribution in [2.24, 2.45) is 0 Å². The number of H-pyrrole nitrogens is 1. The second kappa shape index (κ2) is 7.97. The first-order valence-electron chi connectivity index (χ1n) is 7.95. The number of aromatic nitrogens is 1. The Kier molecular flexibility index (Phi) is 5.46. The molecule has 1 heterocycles. The number of aromatic amines is 1. The van der Waals surface area contributed by atoms with Gasteiger partial charge in [-0.15, -0.1) is 0 Å². The van der Waals surface area contributed by atoms with Gasteiger partial charge in [0.25, 0.3) is 11.6 Å². The van der Waals surface area contributed by atoms with Gasteiger partial charge in [-0.1, -0.05) is 11.6 Å². The Morgan fingerprint density at radius 1 is 1.21 bits per heavy atom. The number of esters is 1. The first kappa shape index (κ1) is 19.2. The summed E-state index contributed by atoms with van der Waals surface area (Å²) < 4.78 is 10.1. The van der Waals surface area contributed by atoms with Gasteiger partial charge in [-0.05, 0) is 24.3 Å². The number of nitrogens with zero attached hydrogens (tertiary/aromatic N) is 1. The zero-order chi connectivity index (χ0) is 20.3. The van der Waals surface area contributed by atoms with E-state index in [9.17, 15) is 19.7 Å². The van der Waals surface area contributed by atoms with Gasteiger partial charge in [0.15, 0.2) is 6.61 Å². The summed E-state index contributed by atoms with van der Waals surface area (Å²) >= 11 is 5.91. The molecule has 0 spiro atoms. The lowest BCUT2D eigenvalue weighted by Crippen LogP contribution is -2.21. The monoisotopic (exact) mass is 403 g/mol. The van der Waals surface area contributed by atoms with Crippen LogP contribution in [-0.4, -0.2) is 35.5 Å². The molecule has 9 nitrogen and oxygen atoms in total. The molecule has 3 aromatic rings. The van der Waals surface area contributed by atoms with Gasteiger partial charge in [0.05, 0.1) is 22.7 Å². The van der Waals surface area contributed by atoms with Gasteiger partial charge in [0, 0.05) is 29.1 Å². The van der Waals surface area contributed by atoms with Gasteiger partial charge in [0.2, 0.25) is 0 Å². The standard InChI is InChI=1S/C18H14ClN3O6/c1-27-12-4-2-10-6-16(20-14(10)8-12)18(24)28-9-17(23)21-15-7-11(22(25)26)3-5-13(15)19/h2-8,20H,9H2,1H3,(H,21,23). The molecule has 1 amide bonds. The number of nitro groups is 1. The number of nitrogens with one attached hydrogen (secondary N) is 2. The molecular formula is C18H14ClN3O6. The van der Waals surface area contributed by atoms with Gasteiger partial charge in [-0.2, -0.15) is 0 Å². The summed E-state index contributed by atoms with van der Waals surface area (Å²) in [5, 5.41) is 14.1. The molecule has 2 aromatic carbocycles. The molecule has 0 aliphatic rings. The SMILES string of the molecule is COc1ccc2cc(C(=O)OCC(=O)Nc3cc([N+](=O)[O-])ccc3Cl)[nH]c2c1. The number of carbonyl (C=O) groups excluding carboxylic acids is 2. The number of benzene rings is 2. The van der Waals surface area contributed by atoms with Crippen LogP contribution in [0, 0.1) is 10.1 Å². The third kappa shape index (κ3) is 4.21. The van der Waals surface area contributed by atoms with Crippen LogP contribution >= 0.6 is 11.6 Å². The second-order valence-corrected chi connectivity index (χ2v) is 6.09.